The van der Waals surface area contributed by atoms with Crippen molar-refractivity contribution >= 4 is 34.8 Å². The van der Waals surface area contributed by atoms with E-state index in [2.05, 4.69) is 34.3 Å². The number of carbonyl (C=O) groups is 2. The predicted octanol–water partition coefficient (Wildman–Crippen LogP) is 3.39. The lowest BCUT2D eigenvalue weighted by molar-refractivity contribution is -0.128. The van der Waals surface area contributed by atoms with Crippen LogP contribution in [0.3, 0.4) is 0 Å². The van der Waals surface area contributed by atoms with Crippen LogP contribution in [0.15, 0.2) is 42.5 Å². The first-order valence-corrected chi connectivity index (χ1v) is 11.1. The highest BCUT2D eigenvalue weighted by Crippen LogP contribution is 2.27. The van der Waals surface area contributed by atoms with Gasteiger partial charge in [-0.2, -0.15) is 0 Å². The lowest BCUT2D eigenvalue weighted by Crippen LogP contribution is -2.44. The molecule has 4 rings (SSSR count). The number of likely N-dealkylation sites (tertiary alicyclic amines) is 1. The molecule has 0 radical (unpaired) electrons. The molecule has 0 aliphatic carbocycles. The number of carbonyl (C=O) groups excluding carboxylic acids is 2. The maximum atomic E-state index is 12.9. The molecule has 1 N–H and O–H groups in total. The zero-order valence-electron chi connectivity index (χ0n) is 18.1. The number of halogens is 1. The van der Waals surface area contributed by atoms with Crippen LogP contribution in [0.1, 0.15) is 17.5 Å². The molecular weight excluding hydrogens is 412 g/mol. The topological polar surface area (TPSA) is 55.9 Å². The van der Waals surface area contributed by atoms with Crippen LogP contribution in [0.4, 0.5) is 11.4 Å². The van der Waals surface area contributed by atoms with Gasteiger partial charge in [-0.05, 0) is 49.4 Å². The molecular formula is C24H29ClN4O2. The number of nitrogens with zero attached hydrogens (tertiary/aromatic N) is 3. The summed E-state index contributed by atoms with van der Waals surface area (Å²) >= 11 is 6.23. The fourth-order valence-corrected chi connectivity index (χ4v) is 4.41. The number of hydrogen-bond donors (Lipinski definition) is 1. The smallest absolute Gasteiger partial charge is 0.229 e. The summed E-state index contributed by atoms with van der Waals surface area (Å²) in [6.07, 6.45) is 0.231. The first-order chi connectivity index (χ1) is 14.9. The number of likely N-dealkylation sites (N-methyl/N-ethyl adjacent to an activating group) is 1. The second kappa shape index (κ2) is 9.28. The highest BCUT2D eigenvalue weighted by Gasteiger charge is 2.34. The van der Waals surface area contributed by atoms with Gasteiger partial charge in [0.25, 0.3) is 0 Å². The molecule has 31 heavy (non-hydrogen) atoms. The van der Waals surface area contributed by atoms with E-state index in [-0.39, 0.29) is 24.2 Å². The summed E-state index contributed by atoms with van der Waals surface area (Å²) < 4.78 is 0. The van der Waals surface area contributed by atoms with E-state index in [9.17, 15) is 9.59 Å². The Hall–Kier alpha value is -2.57. The Morgan fingerprint density at radius 1 is 1.13 bits per heavy atom. The van der Waals surface area contributed by atoms with Gasteiger partial charge in [-0.15, -0.1) is 0 Å². The number of nitrogens with one attached hydrogen (secondary N) is 1. The minimum absolute atomic E-state index is 0.0118. The van der Waals surface area contributed by atoms with Crippen molar-refractivity contribution in [3.05, 3.63) is 58.6 Å². The summed E-state index contributed by atoms with van der Waals surface area (Å²) in [6.45, 7) is 6.98. The molecule has 2 heterocycles. The van der Waals surface area contributed by atoms with Crippen molar-refractivity contribution in [1.82, 2.24) is 9.80 Å². The summed E-state index contributed by atoms with van der Waals surface area (Å²) in [5.74, 6) is -0.473. The molecule has 6 nitrogen and oxygen atoms in total. The van der Waals surface area contributed by atoms with Crippen molar-refractivity contribution in [3.63, 3.8) is 0 Å². The van der Waals surface area contributed by atoms with Gasteiger partial charge in [-0.25, -0.2) is 0 Å². The van der Waals surface area contributed by atoms with Gasteiger partial charge in [0.2, 0.25) is 11.8 Å². The van der Waals surface area contributed by atoms with Crippen LogP contribution < -0.4 is 10.2 Å². The van der Waals surface area contributed by atoms with Crippen molar-refractivity contribution in [3.8, 4) is 0 Å². The number of anilines is 2. The SMILES string of the molecule is Cc1cc(N2CCN(C)CC2)ccc1NC(=O)C1CC(=O)N(Cc2ccccc2Cl)C1. The Labute approximate surface area is 188 Å². The standard InChI is InChI=1S/C24H29ClN4O2/c1-17-13-20(28-11-9-27(2)10-12-28)7-8-22(17)26-24(31)19-14-23(30)29(16-19)15-18-5-3-4-6-21(18)25/h3-8,13,19H,9-12,14-16H2,1-2H3,(H,26,31). The third-order valence-corrected chi connectivity index (χ3v) is 6.61. The fourth-order valence-electron chi connectivity index (χ4n) is 4.22. The molecule has 0 aromatic heterocycles. The Balaban J connectivity index is 1.37. The molecule has 2 aromatic rings. The van der Waals surface area contributed by atoms with E-state index in [1.165, 1.54) is 5.69 Å². The first kappa shape index (κ1) is 21.7. The van der Waals surface area contributed by atoms with E-state index in [0.29, 0.717) is 18.1 Å². The van der Waals surface area contributed by atoms with Gasteiger partial charge in [0.05, 0.1) is 5.92 Å². The molecule has 0 saturated carbocycles. The van der Waals surface area contributed by atoms with Gasteiger partial charge in [0, 0.05) is 62.1 Å². The number of amides is 2. The molecule has 1 unspecified atom stereocenters. The summed E-state index contributed by atoms with van der Waals surface area (Å²) in [6, 6.07) is 13.7. The molecule has 2 saturated heterocycles. The van der Waals surface area contributed by atoms with E-state index >= 15 is 0 Å². The highest BCUT2D eigenvalue weighted by atomic mass is 35.5. The molecule has 2 aliphatic rings. The van der Waals surface area contributed by atoms with E-state index in [1.54, 1.807) is 4.90 Å². The number of benzene rings is 2. The average molecular weight is 441 g/mol. The molecule has 2 aromatic carbocycles. The maximum Gasteiger partial charge on any atom is 0.229 e. The average Bonchev–Trinajstić information content (AvgIpc) is 3.12. The van der Waals surface area contributed by atoms with E-state index in [4.69, 9.17) is 11.6 Å². The minimum atomic E-state index is -0.355. The summed E-state index contributed by atoms with van der Waals surface area (Å²) in [4.78, 5) is 31.8. The Morgan fingerprint density at radius 2 is 1.87 bits per heavy atom. The van der Waals surface area contributed by atoms with Crippen molar-refractivity contribution in [1.29, 1.82) is 0 Å². The maximum absolute atomic E-state index is 12.9. The van der Waals surface area contributed by atoms with Crippen LogP contribution in [0.25, 0.3) is 0 Å². The number of rotatable bonds is 5. The molecule has 7 heteroatoms. The Morgan fingerprint density at radius 3 is 2.58 bits per heavy atom. The van der Waals surface area contributed by atoms with Crippen molar-refractivity contribution in [2.24, 2.45) is 5.92 Å². The fraction of sp³-hybridized carbons (Fsp3) is 0.417. The van der Waals surface area contributed by atoms with Crippen LogP contribution in [0.5, 0.6) is 0 Å². The van der Waals surface area contributed by atoms with Crippen LogP contribution >= 0.6 is 11.6 Å². The molecule has 0 bridgehead atoms. The largest absolute Gasteiger partial charge is 0.369 e. The second-order valence-electron chi connectivity index (χ2n) is 8.55. The lowest BCUT2D eigenvalue weighted by Gasteiger charge is -2.34. The van der Waals surface area contributed by atoms with E-state index < -0.39 is 0 Å². The quantitative estimate of drug-likeness (QED) is 0.774. The Kier molecular flexibility index (Phi) is 6.49. The minimum Gasteiger partial charge on any atom is -0.369 e. The first-order valence-electron chi connectivity index (χ1n) is 10.8. The van der Waals surface area contributed by atoms with Gasteiger partial charge in [-0.1, -0.05) is 29.8 Å². The Bertz CT molecular complexity index is 972. The normalized spacial score (nSPS) is 19.7. The van der Waals surface area contributed by atoms with Crippen LogP contribution in [-0.2, 0) is 16.1 Å². The molecule has 164 valence electrons. The zero-order valence-corrected chi connectivity index (χ0v) is 18.9. The summed E-state index contributed by atoms with van der Waals surface area (Å²) in [5.41, 5.74) is 3.92. The van der Waals surface area contributed by atoms with E-state index in [0.717, 1.165) is 43.0 Å². The zero-order chi connectivity index (χ0) is 22.0. The monoisotopic (exact) mass is 440 g/mol. The lowest BCUT2D eigenvalue weighted by atomic mass is 10.1. The van der Waals surface area contributed by atoms with Gasteiger partial charge in [0.15, 0.2) is 0 Å². The summed E-state index contributed by atoms with van der Waals surface area (Å²) in [5, 5.41) is 3.67. The predicted molar refractivity (Wildman–Crippen MR) is 124 cm³/mol. The molecule has 1 atom stereocenters. The van der Waals surface area contributed by atoms with Crippen molar-refractivity contribution in [2.75, 3.05) is 50.0 Å². The van der Waals surface area contributed by atoms with Gasteiger partial charge in [0.1, 0.15) is 0 Å². The highest BCUT2D eigenvalue weighted by molar-refractivity contribution is 6.31. The van der Waals surface area contributed by atoms with Crippen LogP contribution in [-0.4, -0.2) is 61.4 Å². The van der Waals surface area contributed by atoms with Crippen LogP contribution in [0, 0.1) is 12.8 Å². The number of aryl methyl sites for hydroxylation is 1. The molecule has 0 spiro atoms. The van der Waals surface area contributed by atoms with E-state index in [1.807, 2.05) is 37.3 Å². The number of hydrogen-bond acceptors (Lipinski definition) is 4. The number of piperazine rings is 1. The molecule has 2 aliphatic heterocycles. The van der Waals surface area contributed by atoms with Crippen molar-refractivity contribution < 1.29 is 9.59 Å². The third kappa shape index (κ3) is 5.02. The van der Waals surface area contributed by atoms with Crippen molar-refractivity contribution in [2.45, 2.75) is 19.9 Å². The van der Waals surface area contributed by atoms with Gasteiger partial charge in [-0.3, -0.25) is 9.59 Å². The second-order valence-corrected chi connectivity index (χ2v) is 8.95. The van der Waals surface area contributed by atoms with Gasteiger partial charge < -0.3 is 20.0 Å². The van der Waals surface area contributed by atoms with Crippen LogP contribution in [0.2, 0.25) is 5.02 Å². The van der Waals surface area contributed by atoms with Gasteiger partial charge >= 0.3 is 0 Å². The summed E-state index contributed by atoms with van der Waals surface area (Å²) in [7, 11) is 2.14. The third-order valence-electron chi connectivity index (χ3n) is 6.24. The molecule has 2 fully saturated rings. The molecule has 2 amide bonds.